The van der Waals surface area contributed by atoms with Crippen molar-refractivity contribution in [3.05, 3.63) is 0 Å². The summed E-state index contributed by atoms with van der Waals surface area (Å²) in [6.07, 6.45) is 0.137. The summed E-state index contributed by atoms with van der Waals surface area (Å²) < 4.78 is 9.54. The molecule has 0 aromatic carbocycles. The maximum absolute atomic E-state index is 12.3. The standard InChI is InChI=1S/C17H26N4O6.C5H11NO2/c1-4-5-17(26)27-10-21-15(24)8-20(9-16(21)25)12(3)11(2)19-6-13(22)18-14(23)7-19;1-5(2,3)8-4(6)7/h11-12H,4-10H2,1-3H3,(H,18,22,23);1-3H3,(H2,6,7). The van der Waals surface area contributed by atoms with Crippen LogP contribution in [-0.2, 0) is 33.4 Å². The molecule has 2 unspecified atom stereocenters. The fraction of sp³-hybridized carbons (Fsp3) is 0.727. The van der Waals surface area contributed by atoms with E-state index in [9.17, 15) is 28.8 Å². The van der Waals surface area contributed by atoms with Crippen LogP contribution in [0.5, 0.6) is 0 Å². The van der Waals surface area contributed by atoms with Gasteiger partial charge in [0.15, 0.2) is 6.73 Å². The van der Waals surface area contributed by atoms with Crippen LogP contribution in [0.25, 0.3) is 0 Å². The summed E-state index contributed by atoms with van der Waals surface area (Å²) in [7, 11) is 0. The van der Waals surface area contributed by atoms with Crippen LogP contribution in [0.3, 0.4) is 0 Å². The average Bonchev–Trinajstić information content (AvgIpc) is 2.70. The average molecular weight is 500 g/mol. The van der Waals surface area contributed by atoms with Crippen LogP contribution in [0.1, 0.15) is 54.4 Å². The minimum atomic E-state index is -0.725. The zero-order chi connectivity index (χ0) is 26.9. The lowest BCUT2D eigenvalue weighted by molar-refractivity contribution is -0.165. The molecule has 35 heavy (non-hydrogen) atoms. The molecule has 2 aliphatic rings. The third-order valence-corrected chi connectivity index (χ3v) is 5.32. The Kier molecular flexibility index (Phi) is 11.3. The number of hydrogen-bond donors (Lipinski definition) is 2. The number of amides is 5. The molecule has 2 aliphatic heterocycles. The second-order valence-corrected chi connectivity index (χ2v) is 9.41. The maximum Gasteiger partial charge on any atom is 0.405 e. The third kappa shape index (κ3) is 10.4. The Bertz CT molecular complexity index is 791. The van der Waals surface area contributed by atoms with Gasteiger partial charge in [0.2, 0.25) is 23.6 Å². The van der Waals surface area contributed by atoms with Crippen LogP contribution in [0.4, 0.5) is 4.79 Å². The van der Waals surface area contributed by atoms with Gasteiger partial charge in [-0.05, 0) is 41.0 Å². The van der Waals surface area contributed by atoms with Crippen LogP contribution in [-0.4, -0.2) is 101 Å². The van der Waals surface area contributed by atoms with Gasteiger partial charge in [-0.3, -0.25) is 39.1 Å². The van der Waals surface area contributed by atoms with E-state index in [-0.39, 0.29) is 63.2 Å². The number of piperazine rings is 2. The van der Waals surface area contributed by atoms with Gasteiger partial charge in [0.25, 0.3) is 0 Å². The largest absolute Gasteiger partial charge is 0.444 e. The molecule has 5 amide bonds. The molecule has 0 radical (unpaired) electrons. The summed E-state index contributed by atoms with van der Waals surface area (Å²) >= 11 is 0. The summed E-state index contributed by atoms with van der Waals surface area (Å²) in [6, 6.07) is -0.448. The number of primary amides is 1. The van der Waals surface area contributed by atoms with Gasteiger partial charge in [-0.25, -0.2) is 9.69 Å². The number of nitrogens with zero attached hydrogens (tertiary/aromatic N) is 3. The summed E-state index contributed by atoms with van der Waals surface area (Å²) in [5.41, 5.74) is 4.26. The second-order valence-electron chi connectivity index (χ2n) is 9.41. The molecule has 0 aromatic rings. The zero-order valence-electron chi connectivity index (χ0n) is 21.3. The first-order chi connectivity index (χ1) is 16.1. The van der Waals surface area contributed by atoms with Crippen molar-refractivity contribution in [3.63, 3.8) is 0 Å². The molecule has 3 N–H and O–H groups in total. The third-order valence-electron chi connectivity index (χ3n) is 5.32. The fourth-order valence-corrected chi connectivity index (χ4v) is 3.42. The molecule has 0 aliphatic carbocycles. The summed E-state index contributed by atoms with van der Waals surface area (Å²) in [5.74, 6) is -2.06. The second kappa shape index (κ2) is 13.1. The van der Waals surface area contributed by atoms with Crippen molar-refractivity contribution in [2.45, 2.75) is 72.1 Å². The topological polar surface area (TPSA) is 169 Å². The minimum Gasteiger partial charge on any atom is -0.444 e. The van der Waals surface area contributed by atoms with E-state index < -0.39 is 29.5 Å². The van der Waals surface area contributed by atoms with Crippen LogP contribution >= 0.6 is 0 Å². The molecule has 13 nitrogen and oxygen atoms in total. The highest BCUT2D eigenvalue weighted by molar-refractivity contribution is 6.00. The Morgan fingerprint density at radius 1 is 0.943 bits per heavy atom. The molecule has 0 saturated carbocycles. The number of nitrogens with one attached hydrogen (secondary N) is 1. The van der Waals surface area contributed by atoms with E-state index in [1.165, 1.54) is 0 Å². The van der Waals surface area contributed by atoms with Crippen LogP contribution in [0.2, 0.25) is 0 Å². The number of carbonyl (C=O) groups excluding carboxylic acids is 6. The van der Waals surface area contributed by atoms with Gasteiger partial charge >= 0.3 is 12.1 Å². The van der Waals surface area contributed by atoms with E-state index in [0.717, 1.165) is 4.90 Å². The van der Waals surface area contributed by atoms with E-state index in [0.29, 0.717) is 6.42 Å². The summed E-state index contributed by atoms with van der Waals surface area (Å²) in [5, 5.41) is 2.25. The van der Waals surface area contributed by atoms with E-state index in [1.54, 1.807) is 30.6 Å². The number of nitrogens with two attached hydrogens (primary N) is 1. The van der Waals surface area contributed by atoms with Gasteiger partial charge in [0.05, 0.1) is 26.2 Å². The van der Waals surface area contributed by atoms with Crippen molar-refractivity contribution in [1.29, 1.82) is 0 Å². The summed E-state index contributed by atoms with van der Waals surface area (Å²) in [6.45, 7) is 10.6. The van der Waals surface area contributed by atoms with Gasteiger partial charge in [-0.1, -0.05) is 6.92 Å². The minimum absolute atomic E-state index is 0.00341. The van der Waals surface area contributed by atoms with Crippen LogP contribution in [0, 0.1) is 0 Å². The highest BCUT2D eigenvalue weighted by atomic mass is 16.6. The van der Waals surface area contributed by atoms with Gasteiger partial charge in [-0.2, -0.15) is 0 Å². The molecule has 2 fully saturated rings. The van der Waals surface area contributed by atoms with Crippen molar-refractivity contribution in [2.75, 3.05) is 32.9 Å². The van der Waals surface area contributed by atoms with Crippen molar-refractivity contribution < 1.29 is 38.2 Å². The van der Waals surface area contributed by atoms with Crippen molar-refractivity contribution in [2.24, 2.45) is 5.73 Å². The number of imide groups is 2. The lowest BCUT2D eigenvalue weighted by atomic mass is 10.1. The van der Waals surface area contributed by atoms with Crippen molar-refractivity contribution >= 4 is 35.7 Å². The smallest absolute Gasteiger partial charge is 0.405 e. The number of esters is 1. The highest BCUT2D eigenvalue weighted by Crippen LogP contribution is 2.16. The first-order valence-electron chi connectivity index (χ1n) is 11.4. The normalized spacial score (nSPS) is 19.3. The first-order valence-corrected chi connectivity index (χ1v) is 11.4. The number of hydrogen-bond acceptors (Lipinski definition) is 10. The van der Waals surface area contributed by atoms with Crippen LogP contribution in [0.15, 0.2) is 0 Å². The highest BCUT2D eigenvalue weighted by Gasteiger charge is 2.37. The Hall–Kier alpha value is -3.06. The first kappa shape index (κ1) is 30.0. The zero-order valence-corrected chi connectivity index (χ0v) is 21.3. The molecule has 2 atom stereocenters. The lowest BCUT2D eigenvalue weighted by Gasteiger charge is -2.41. The number of carbonyl (C=O) groups is 6. The van der Waals surface area contributed by atoms with E-state index in [1.807, 2.05) is 20.8 Å². The fourth-order valence-electron chi connectivity index (χ4n) is 3.42. The van der Waals surface area contributed by atoms with Crippen molar-refractivity contribution in [3.8, 4) is 0 Å². The monoisotopic (exact) mass is 499 g/mol. The molecule has 198 valence electrons. The maximum atomic E-state index is 12.3. The predicted octanol–water partition coefficient (Wildman–Crippen LogP) is -0.426. The number of ether oxygens (including phenoxy) is 2. The van der Waals surface area contributed by atoms with Crippen molar-refractivity contribution in [1.82, 2.24) is 20.0 Å². The Morgan fingerprint density at radius 3 is 1.77 bits per heavy atom. The SMILES string of the molecule is CC(C)(C)OC(N)=O.CCCC(=O)OCN1C(=O)CN(C(C)C(C)N2CC(=O)NC(=O)C2)CC1=O. The quantitative estimate of drug-likeness (QED) is 0.346. The van der Waals surface area contributed by atoms with E-state index in [2.05, 4.69) is 10.1 Å². The predicted molar refractivity (Wildman–Crippen MR) is 123 cm³/mol. The molecular weight excluding hydrogens is 462 g/mol. The molecule has 13 heteroatoms. The number of rotatable bonds is 7. The van der Waals surface area contributed by atoms with Gasteiger partial charge in [-0.15, -0.1) is 0 Å². The van der Waals surface area contributed by atoms with Gasteiger partial charge in [0, 0.05) is 18.5 Å². The molecule has 0 spiro atoms. The van der Waals surface area contributed by atoms with Gasteiger partial charge < -0.3 is 15.2 Å². The summed E-state index contributed by atoms with van der Waals surface area (Å²) in [4.78, 5) is 73.6. The lowest BCUT2D eigenvalue weighted by Crippen LogP contribution is -2.62. The van der Waals surface area contributed by atoms with E-state index in [4.69, 9.17) is 10.5 Å². The van der Waals surface area contributed by atoms with Gasteiger partial charge in [0.1, 0.15) is 5.60 Å². The molecule has 2 rings (SSSR count). The molecule has 2 saturated heterocycles. The van der Waals surface area contributed by atoms with E-state index >= 15 is 0 Å². The Morgan fingerprint density at radius 2 is 1.40 bits per heavy atom. The molecular formula is C22H37N5O8. The van der Waals surface area contributed by atoms with Crippen LogP contribution < -0.4 is 11.1 Å². The Balaban J connectivity index is 0.000000658. The molecule has 0 bridgehead atoms. The Labute approximate surface area is 205 Å². The molecule has 2 heterocycles. The molecule has 0 aromatic heterocycles.